The summed E-state index contributed by atoms with van der Waals surface area (Å²) in [6, 6.07) is 13.3. The lowest BCUT2D eigenvalue weighted by molar-refractivity contribution is -0.172. The Morgan fingerprint density at radius 2 is 1.81 bits per heavy atom. The first-order valence-electron chi connectivity index (χ1n) is 18.6. The Labute approximate surface area is 315 Å². The minimum atomic E-state index is -0.980. The standard InChI is InChI=1S/C41H50N2O11/c1-40(2,3)53-35(46)14-13-31(25-45)42-37(47)32-12-7-16-43(32)38(48)30-21-33(51-39(49)27-11-6-8-26(20-27)15-18-50-19-17-44)36-34(22-30)52-41(54-36)23-28-9-4-5-10-29(28)24-41/h4-6,8-11,15,18,20,22,31-34,36,44-45H,7,12-14,16-17,19,21,23-25H2,1-3H3,(H,42,47)/t31-,32+,33+,34+,36-/m0/s1. The van der Waals surface area contributed by atoms with Crippen LogP contribution >= 0.6 is 0 Å². The van der Waals surface area contributed by atoms with Gasteiger partial charge >= 0.3 is 11.9 Å². The largest absolute Gasteiger partial charge is 0.499 e. The van der Waals surface area contributed by atoms with Crippen LogP contribution in [0.1, 0.15) is 79.9 Å². The molecule has 2 aromatic carbocycles. The summed E-state index contributed by atoms with van der Waals surface area (Å²) in [7, 11) is 0. The molecule has 2 aliphatic heterocycles. The maximum Gasteiger partial charge on any atom is 0.338 e. The number of ether oxygens (including phenoxy) is 5. The number of fused-ring (bicyclic) bond motifs is 2. The summed E-state index contributed by atoms with van der Waals surface area (Å²) in [5, 5.41) is 21.8. The molecule has 290 valence electrons. The molecule has 1 spiro atoms. The van der Waals surface area contributed by atoms with E-state index in [1.54, 1.807) is 57.2 Å². The van der Waals surface area contributed by atoms with E-state index in [2.05, 4.69) is 5.32 Å². The van der Waals surface area contributed by atoms with E-state index in [-0.39, 0.29) is 45.0 Å². The molecule has 0 aromatic heterocycles. The Bertz CT molecular complexity index is 1740. The normalized spacial score (nSPS) is 23.4. The number of likely N-dealkylation sites (tertiary alicyclic amines) is 1. The van der Waals surface area contributed by atoms with Gasteiger partial charge in [0.15, 0.2) is 5.79 Å². The lowest BCUT2D eigenvalue weighted by atomic mass is 9.91. The number of hydrogen-bond acceptors (Lipinski definition) is 11. The Hall–Kier alpha value is -4.56. The molecule has 2 saturated heterocycles. The van der Waals surface area contributed by atoms with Gasteiger partial charge in [-0.2, -0.15) is 0 Å². The summed E-state index contributed by atoms with van der Waals surface area (Å²) >= 11 is 0. The first-order valence-corrected chi connectivity index (χ1v) is 18.6. The highest BCUT2D eigenvalue weighted by Gasteiger charge is 2.55. The molecule has 0 radical (unpaired) electrons. The first-order chi connectivity index (χ1) is 25.9. The van der Waals surface area contributed by atoms with Crippen LogP contribution in [0, 0.1) is 0 Å². The highest BCUT2D eigenvalue weighted by Crippen LogP contribution is 2.45. The van der Waals surface area contributed by atoms with Crippen molar-refractivity contribution in [3.63, 3.8) is 0 Å². The van der Waals surface area contributed by atoms with Crippen molar-refractivity contribution >= 4 is 29.8 Å². The second-order valence-electron chi connectivity index (χ2n) is 15.2. The van der Waals surface area contributed by atoms with E-state index in [1.807, 2.05) is 24.3 Å². The van der Waals surface area contributed by atoms with Gasteiger partial charge in [0, 0.05) is 37.8 Å². The summed E-state index contributed by atoms with van der Waals surface area (Å²) in [6.07, 6.45) is 4.90. The van der Waals surface area contributed by atoms with E-state index >= 15 is 0 Å². The summed E-state index contributed by atoms with van der Waals surface area (Å²) in [5.74, 6) is -2.79. The predicted octanol–water partition coefficient (Wildman–Crippen LogP) is 3.39. The van der Waals surface area contributed by atoms with E-state index in [9.17, 15) is 24.3 Å². The highest BCUT2D eigenvalue weighted by atomic mass is 16.8. The van der Waals surface area contributed by atoms with Gasteiger partial charge in [-0.15, -0.1) is 0 Å². The van der Waals surface area contributed by atoms with E-state index in [1.165, 1.54) is 11.2 Å². The van der Waals surface area contributed by atoms with Crippen molar-refractivity contribution in [2.24, 2.45) is 0 Å². The van der Waals surface area contributed by atoms with Crippen LogP contribution in [0.5, 0.6) is 0 Å². The summed E-state index contributed by atoms with van der Waals surface area (Å²) in [5.41, 5.74) is 2.90. The Kier molecular flexibility index (Phi) is 12.2. The van der Waals surface area contributed by atoms with E-state index in [4.69, 9.17) is 28.8 Å². The topological polar surface area (TPSA) is 170 Å². The fourth-order valence-electron chi connectivity index (χ4n) is 7.53. The van der Waals surface area contributed by atoms with Crippen LogP contribution in [0.15, 0.2) is 66.4 Å². The zero-order chi connectivity index (χ0) is 38.5. The van der Waals surface area contributed by atoms with E-state index in [0.717, 1.165) is 11.1 Å². The molecule has 2 heterocycles. The zero-order valence-electron chi connectivity index (χ0n) is 31.0. The molecule has 2 aliphatic carbocycles. The van der Waals surface area contributed by atoms with Crippen LogP contribution in [-0.2, 0) is 50.9 Å². The number of nitrogens with zero attached hydrogens (tertiary/aromatic N) is 1. The molecule has 13 heteroatoms. The average molecular weight is 747 g/mol. The number of benzene rings is 2. The van der Waals surface area contributed by atoms with Gasteiger partial charge in [0.25, 0.3) is 0 Å². The third-order valence-electron chi connectivity index (χ3n) is 9.94. The number of nitrogens with one attached hydrogen (secondary N) is 1. The minimum Gasteiger partial charge on any atom is -0.499 e. The summed E-state index contributed by atoms with van der Waals surface area (Å²) in [6.45, 7) is 5.29. The number of carbonyl (C=O) groups excluding carboxylic acids is 4. The lowest BCUT2D eigenvalue weighted by Gasteiger charge is -2.33. The molecular formula is C41H50N2O11. The molecule has 2 fully saturated rings. The smallest absolute Gasteiger partial charge is 0.338 e. The third-order valence-corrected chi connectivity index (χ3v) is 9.94. The first kappa shape index (κ1) is 39.1. The third kappa shape index (κ3) is 9.38. The highest BCUT2D eigenvalue weighted by molar-refractivity contribution is 5.98. The summed E-state index contributed by atoms with van der Waals surface area (Å²) in [4.78, 5) is 55.3. The Morgan fingerprint density at radius 3 is 2.52 bits per heavy atom. The van der Waals surface area contributed by atoms with Crippen LogP contribution in [0.2, 0.25) is 0 Å². The van der Waals surface area contributed by atoms with Gasteiger partial charge in [-0.25, -0.2) is 4.79 Å². The molecule has 3 N–H and O–H groups in total. The molecular weight excluding hydrogens is 696 g/mol. The van der Waals surface area contributed by atoms with Crippen molar-refractivity contribution in [3.05, 3.63) is 88.7 Å². The van der Waals surface area contributed by atoms with Crippen molar-refractivity contribution in [1.29, 1.82) is 0 Å². The van der Waals surface area contributed by atoms with Gasteiger partial charge in [0.1, 0.15) is 36.6 Å². The van der Waals surface area contributed by atoms with Crippen LogP contribution in [0.25, 0.3) is 6.08 Å². The molecule has 0 unspecified atom stereocenters. The number of esters is 2. The maximum atomic E-state index is 14.3. The predicted molar refractivity (Wildman–Crippen MR) is 196 cm³/mol. The fourth-order valence-corrected chi connectivity index (χ4v) is 7.53. The molecule has 6 rings (SSSR count). The molecule has 2 aromatic rings. The maximum absolute atomic E-state index is 14.3. The van der Waals surface area contributed by atoms with E-state index in [0.29, 0.717) is 48.9 Å². The molecule has 13 nitrogen and oxygen atoms in total. The van der Waals surface area contributed by atoms with Gasteiger partial charge in [-0.1, -0.05) is 36.4 Å². The monoisotopic (exact) mass is 746 g/mol. The van der Waals surface area contributed by atoms with Crippen LogP contribution < -0.4 is 5.32 Å². The minimum absolute atomic E-state index is 0.0142. The van der Waals surface area contributed by atoms with Crippen molar-refractivity contribution in [2.45, 2.75) is 108 Å². The Morgan fingerprint density at radius 1 is 1.06 bits per heavy atom. The molecule has 2 amide bonds. The number of amides is 2. The number of aliphatic hydroxyl groups excluding tert-OH is 2. The number of aliphatic hydroxyl groups is 2. The Balaban J connectivity index is 1.18. The number of carbonyl (C=O) groups is 4. The van der Waals surface area contributed by atoms with Crippen molar-refractivity contribution < 1.29 is 53.1 Å². The SMILES string of the molecule is CC(C)(C)OC(=O)CC[C@@H](CO)NC(=O)[C@H]1CCCN1C(=O)C1=C[C@H]2OC3(Cc4ccccc4C3)O[C@H]2[C@H](OC(=O)c2cccc(C=COCCO)c2)C1. The number of rotatable bonds is 13. The second-order valence-corrected chi connectivity index (χ2v) is 15.2. The lowest BCUT2D eigenvalue weighted by Crippen LogP contribution is -2.51. The van der Waals surface area contributed by atoms with Gasteiger partial charge < -0.3 is 44.1 Å². The molecule has 0 saturated carbocycles. The molecule has 0 bridgehead atoms. The number of hydrogen-bond donors (Lipinski definition) is 3. The van der Waals surface area contributed by atoms with E-state index < -0.39 is 59.6 Å². The molecule has 4 aliphatic rings. The van der Waals surface area contributed by atoms with Crippen LogP contribution in [0.4, 0.5) is 0 Å². The average Bonchev–Trinajstić information content (AvgIpc) is 3.87. The quantitative estimate of drug-likeness (QED) is 0.156. The second kappa shape index (κ2) is 16.8. The van der Waals surface area contributed by atoms with Gasteiger partial charge in [-0.3, -0.25) is 14.4 Å². The molecule has 5 atom stereocenters. The zero-order valence-corrected chi connectivity index (χ0v) is 31.0. The van der Waals surface area contributed by atoms with Gasteiger partial charge in [-0.05, 0) is 81.0 Å². The van der Waals surface area contributed by atoms with Crippen molar-refractivity contribution in [3.8, 4) is 0 Å². The fraction of sp³-hybridized carbons (Fsp3) is 0.512. The van der Waals surface area contributed by atoms with Crippen LogP contribution in [-0.4, -0.2) is 107 Å². The van der Waals surface area contributed by atoms with Gasteiger partial charge in [0.2, 0.25) is 11.8 Å². The van der Waals surface area contributed by atoms with Crippen LogP contribution in [0.3, 0.4) is 0 Å². The summed E-state index contributed by atoms with van der Waals surface area (Å²) < 4.78 is 30.0. The molecule has 54 heavy (non-hydrogen) atoms. The van der Waals surface area contributed by atoms with Crippen molar-refractivity contribution in [2.75, 3.05) is 26.4 Å². The van der Waals surface area contributed by atoms with Crippen molar-refractivity contribution in [1.82, 2.24) is 10.2 Å². The van der Waals surface area contributed by atoms with Gasteiger partial charge in [0.05, 0.1) is 31.1 Å².